The molecule has 2 unspecified atom stereocenters. The lowest BCUT2D eigenvalue weighted by Gasteiger charge is -2.20. The standard InChI is InChI=1S/C22H20O4/c1-25-21-13-15(8-11-19(21)24)22-18(12-14-6-9-16(23)10-7-14)17-4-2-3-5-20(17)26-22/h2-11,13,18,22-24H,12H2,1H3. The number of phenols is 2. The van der Waals surface area contributed by atoms with Crippen LogP contribution < -0.4 is 9.47 Å². The number of ether oxygens (including phenoxy) is 2. The normalized spacial score (nSPS) is 18.2. The Kier molecular flexibility index (Phi) is 4.17. The second-order valence-corrected chi connectivity index (χ2v) is 6.48. The fourth-order valence-electron chi connectivity index (χ4n) is 3.55. The van der Waals surface area contributed by atoms with Crippen LogP contribution in [-0.2, 0) is 6.42 Å². The minimum Gasteiger partial charge on any atom is -0.508 e. The van der Waals surface area contributed by atoms with E-state index in [-0.39, 0.29) is 23.5 Å². The van der Waals surface area contributed by atoms with Gasteiger partial charge in [0.25, 0.3) is 0 Å². The molecule has 0 fully saturated rings. The third-order valence-corrected chi connectivity index (χ3v) is 4.86. The van der Waals surface area contributed by atoms with Gasteiger partial charge in [0.2, 0.25) is 0 Å². The largest absolute Gasteiger partial charge is 0.508 e. The van der Waals surface area contributed by atoms with Gasteiger partial charge in [0.1, 0.15) is 17.6 Å². The van der Waals surface area contributed by atoms with Crippen LogP contribution in [0, 0.1) is 0 Å². The monoisotopic (exact) mass is 348 g/mol. The minimum atomic E-state index is -0.171. The van der Waals surface area contributed by atoms with Gasteiger partial charge in [0, 0.05) is 11.5 Å². The molecule has 0 radical (unpaired) electrons. The van der Waals surface area contributed by atoms with E-state index in [0.717, 1.165) is 28.9 Å². The highest BCUT2D eigenvalue weighted by Crippen LogP contribution is 2.48. The highest BCUT2D eigenvalue weighted by molar-refractivity contribution is 5.48. The Balaban J connectivity index is 1.72. The second-order valence-electron chi connectivity index (χ2n) is 6.48. The molecule has 0 spiro atoms. The van der Waals surface area contributed by atoms with E-state index in [1.165, 1.54) is 7.11 Å². The SMILES string of the molecule is COc1cc(C2Oc3ccccc3C2Cc2ccc(O)cc2)ccc1O. The predicted octanol–water partition coefficient (Wildman–Crippen LogP) is 4.57. The number of fused-ring (bicyclic) bond motifs is 1. The van der Waals surface area contributed by atoms with Crippen LogP contribution in [0.3, 0.4) is 0 Å². The molecule has 1 aliphatic rings. The number of benzene rings is 3. The molecule has 4 rings (SSSR count). The molecular weight excluding hydrogens is 328 g/mol. The number of aromatic hydroxyl groups is 2. The molecule has 0 aliphatic carbocycles. The summed E-state index contributed by atoms with van der Waals surface area (Å²) in [4.78, 5) is 0. The van der Waals surface area contributed by atoms with Crippen molar-refractivity contribution in [3.05, 3.63) is 83.4 Å². The van der Waals surface area contributed by atoms with Gasteiger partial charge in [-0.05, 0) is 47.9 Å². The summed E-state index contributed by atoms with van der Waals surface area (Å²) in [6.07, 6.45) is 0.612. The molecule has 0 aromatic heterocycles. The maximum Gasteiger partial charge on any atom is 0.160 e. The van der Waals surface area contributed by atoms with E-state index in [1.807, 2.05) is 42.5 Å². The first-order chi connectivity index (χ1) is 12.7. The zero-order valence-electron chi connectivity index (χ0n) is 14.4. The smallest absolute Gasteiger partial charge is 0.160 e. The van der Waals surface area contributed by atoms with Crippen molar-refractivity contribution >= 4 is 0 Å². The quantitative estimate of drug-likeness (QED) is 0.725. The summed E-state index contributed by atoms with van der Waals surface area (Å²) in [6, 6.07) is 20.7. The van der Waals surface area contributed by atoms with E-state index >= 15 is 0 Å². The number of hydrogen-bond acceptors (Lipinski definition) is 4. The molecule has 3 aromatic carbocycles. The Labute approximate surface area is 152 Å². The molecule has 2 atom stereocenters. The number of para-hydroxylation sites is 1. The van der Waals surface area contributed by atoms with Crippen molar-refractivity contribution in [2.75, 3.05) is 7.11 Å². The van der Waals surface area contributed by atoms with Crippen LogP contribution in [0.2, 0.25) is 0 Å². The van der Waals surface area contributed by atoms with Crippen LogP contribution in [0.1, 0.15) is 28.7 Å². The van der Waals surface area contributed by atoms with Crippen molar-refractivity contribution in [3.8, 4) is 23.0 Å². The first-order valence-corrected chi connectivity index (χ1v) is 8.56. The number of phenolic OH excluding ortho intramolecular Hbond substituents is 2. The molecule has 3 aromatic rings. The summed E-state index contributed by atoms with van der Waals surface area (Å²) in [5, 5.41) is 19.4. The summed E-state index contributed by atoms with van der Waals surface area (Å²) in [7, 11) is 1.54. The van der Waals surface area contributed by atoms with Gasteiger partial charge in [0.05, 0.1) is 7.11 Å². The van der Waals surface area contributed by atoms with Crippen molar-refractivity contribution in [1.29, 1.82) is 0 Å². The molecule has 132 valence electrons. The molecule has 2 N–H and O–H groups in total. The van der Waals surface area contributed by atoms with Gasteiger partial charge in [-0.15, -0.1) is 0 Å². The van der Waals surface area contributed by atoms with Crippen LogP contribution in [0.15, 0.2) is 66.7 Å². The average molecular weight is 348 g/mol. The summed E-state index contributed by atoms with van der Waals surface area (Å²) in [6.45, 7) is 0. The molecular formula is C22H20O4. The molecule has 4 heteroatoms. The Hall–Kier alpha value is -3.14. The van der Waals surface area contributed by atoms with Gasteiger partial charge in [0.15, 0.2) is 11.5 Å². The lowest BCUT2D eigenvalue weighted by Crippen LogP contribution is -2.12. The Morgan fingerprint density at radius 1 is 0.962 bits per heavy atom. The average Bonchev–Trinajstić information content (AvgIpc) is 3.02. The van der Waals surface area contributed by atoms with Crippen LogP contribution in [0.4, 0.5) is 0 Å². The van der Waals surface area contributed by atoms with Crippen molar-refractivity contribution in [1.82, 2.24) is 0 Å². The van der Waals surface area contributed by atoms with Crippen molar-refractivity contribution < 1.29 is 19.7 Å². The highest BCUT2D eigenvalue weighted by Gasteiger charge is 2.35. The van der Waals surface area contributed by atoms with Crippen molar-refractivity contribution in [2.24, 2.45) is 0 Å². The lowest BCUT2D eigenvalue weighted by molar-refractivity contribution is 0.208. The van der Waals surface area contributed by atoms with E-state index in [2.05, 4.69) is 6.07 Å². The third-order valence-electron chi connectivity index (χ3n) is 4.86. The Morgan fingerprint density at radius 2 is 1.73 bits per heavy atom. The van der Waals surface area contributed by atoms with Gasteiger partial charge >= 0.3 is 0 Å². The summed E-state index contributed by atoms with van der Waals surface area (Å²) < 4.78 is 11.5. The Morgan fingerprint density at radius 3 is 2.50 bits per heavy atom. The summed E-state index contributed by atoms with van der Waals surface area (Å²) >= 11 is 0. The maximum absolute atomic E-state index is 9.89. The first-order valence-electron chi connectivity index (χ1n) is 8.56. The topological polar surface area (TPSA) is 58.9 Å². The van der Waals surface area contributed by atoms with Gasteiger partial charge in [-0.25, -0.2) is 0 Å². The highest BCUT2D eigenvalue weighted by atomic mass is 16.5. The fraction of sp³-hybridized carbons (Fsp3) is 0.182. The van der Waals surface area contributed by atoms with E-state index in [4.69, 9.17) is 9.47 Å². The number of hydrogen-bond donors (Lipinski definition) is 2. The van der Waals surface area contributed by atoms with Crippen molar-refractivity contribution in [3.63, 3.8) is 0 Å². The van der Waals surface area contributed by atoms with Gasteiger partial charge in [-0.1, -0.05) is 36.4 Å². The number of methoxy groups -OCH3 is 1. The second kappa shape index (κ2) is 6.64. The van der Waals surface area contributed by atoms with E-state index in [0.29, 0.717) is 5.75 Å². The molecule has 0 bridgehead atoms. The molecule has 4 nitrogen and oxygen atoms in total. The molecule has 0 saturated carbocycles. The third kappa shape index (κ3) is 2.94. The first kappa shape index (κ1) is 16.3. The van der Waals surface area contributed by atoms with Crippen LogP contribution in [-0.4, -0.2) is 17.3 Å². The van der Waals surface area contributed by atoms with Crippen molar-refractivity contribution in [2.45, 2.75) is 18.4 Å². The van der Waals surface area contributed by atoms with E-state index in [1.54, 1.807) is 18.2 Å². The summed E-state index contributed by atoms with van der Waals surface area (Å²) in [5.74, 6) is 1.82. The van der Waals surface area contributed by atoms with Gasteiger partial charge < -0.3 is 19.7 Å². The molecule has 26 heavy (non-hydrogen) atoms. The lowest BCUT2D eigenvalue weighted by atomic mass is 9.86. The van der Waals surface area contributed by atoms with Crippen LogP contribution in [0.25, 0.3) is 0 Å². The Bertz CT molecular complexity index is 918. The molecule has 0 saturated heterocycles. The van der Waals surface area contributed by atoms with E-state index in [9.17, 15) is 10.2 Å². The fourth-order valence-corrected chi connectivity index (χ4v) is 3.55. The molecule has 0 amide bonds. The summed E-state index contributed by atoms with van der Waals surface area (Å²) in [5.41, 5.74) is 3.25. The van der Waals surface area contributed by atoms with E-state index < -0.39 is 0 Å². The van der Waals surface area contributed by atoms with Gasteiger partial charge in [-0.2, -0.15) is 0 Å². The van der Waals surface area contributed by atoms with Crippen LogP contribution in [0.5, 0.6) is 23.0 Å². The molecule has 1 aliphatic heterocycles. The van der Waals surface area contributed by atoms with Crippen LogP contribution >= 0.6 is 0 Å². The zero-order valence-corrected chi connectivity index (χ0v) is 14.4. The molecule has 1 heterocycles. The number of rotatable bonds is 4. The maximum atomic E-state index is 9.89. The predicted molar refractivity (Wildman–Crippen MR) is 99.0 cm³/mol. The minimum absolute atomic E-state index is 0.113. The zero-order chi connectivity index (χ0) is 18.1. The van der Waals surface area contributed by atoms with Gasteiger partial charge in [-0.3, -0.25) is 0 Å².